The van der Waals surface area contributed by atoms with E-state index in [2.05, 4.69) is 20.0 Å². The van der Waals surface area contributed by atoms with Gasteiger partial charge in [0.1, 0.15) is 11.5 Å². The predicted molar refractivity (Wildman–Crippen MR) is 112 cm³/mol. The fourth-order valence-corrected chi connectivity index (χ4v) is 4.26. The molecule has 2 aromatic heterocycles. The highest BCUT2D eigenvalue weighted by atomic mass is 32.2. The van der Waals surface area contributed by atoms with Gasteiger partial charge in [-0.1, -0.05) is 23.4 Å². The second kappa shape index (κ2) is 9.75. The van der Waals surface area contributed by atoms with Crippen LogP contribution in [0.5, 0.6) is 0 Å². The van der Waals surface area contributed by atoms with Gasteiger partial charge in [0.05, 0.1) is 28.5 Å². The first-order valence-electron chi connectivity index (χ1n) is 9.19. The number of rotatable bonds is 7. The number of nitrogens with zero attached hydrogens (tertiary/aromatic N) is 3. The van der Waals surface area contributed by atoms with Crippen LogP contribution in [-0.4, -0.2) is 35.8 Å². The summed E-state index contributed by atoms with van der Waals surface area (Å²) >= 11 is 1.08. The monoisotopic (exact) mass is 501 g/mol. The van der Waals surface area contributed by atoms with Crippen LogP contribution in [0, 0.1) is 5.82 Å². The van der Waals surface area contributed by atoms with Gasteiger partial charge >= 0.3 is 12.1 Å². The Bertz CT molecular complexity index is 1270. The Balaban J connectivity index is 1.74. The molecule has 33 heavy (non-hydrogen) atoms. The van der Waals surface area contributed by atoms with E-state index in [0.29, 0.717) is 16.5 Å². The Hall–Kier alpha value is -3.19. The second-order valence-corrected chi connectivity index (χ2v) is 9.56. The number of carbonyl (C=O) groups excluding carboxylic acids is 1. The maximum atomic E-state index is 13.2. The fourth-order valence-electron chi connectivity index (χ4n) is 2.48. The molecule has 0 N–H and O–H groups in total. The fraction of sp³-hybridized carbons (Fsp3) is 0.200. The Morgan fingerprint density at radius 2 is 1.85 bits per heavy atom. The Kier molecular flexibility index (Phi) is 7.22. The van der Waals surface area contributed by atoms with Crippen molar-refractivity contribution < 1.29 is 35.6 Å². The standard InChI is InChI=1S/C20H15F4N3O4S2/c1-12(13-4-6-14(21)7-5-13)27-31-18(28)8-10-33(29,30)19-25-15(16-3-2-9-32-16)11-17(26-19)20(22,23)24/h2-7,9,11H,8,10H2,1H3. The lowest BCUT2D eigenvalue weighted by Crippen LogP contribution is -2.18. The summed E-state index contributed by atoms with van der Waals surface area (Å²) in [5.41, 5.74) is -0.919. The smallest absolute Gasteiger partial charge is 0.318 e. The van der Waals surface area contributed by atoms with E-state index in [4.69, 9.17) is 0 Å². The van der Waals surface area contributed by atoms with E-state index < -0.39 is 50.8 Å². The summed E-state index contributed by atoms with van der Waals surface area (Å²) in [6.07, 6.45) is -5.60. The highest BCUT2D eigenvalue weighted by Gasteiger charge is 2.35. The Morgan fingerprint density at radius 3 is 2.45 bits per heavy atom. The maximum Gasteiger partial charge on any atom is 0.433 e. The van der Waals surface area contributed by atoms with Crippen LogP contribution in [0.2, 0.25) is 0 Å². The highest BCUT2D eigenvalue weighted by Crippen LogP contribution is 2.32. The normalized spacial score (nSPS) is 12.6. The summed E-state index contributed by atoms with van der Waals surface area (Å²) in [5, 5.41) is 4.12. The van der Waals surface area contributed by atoms with Gasteiger partial charge in [-0.15, -0.1) is 11.3 Å². The van der Waals surface area contributed by atoms with E-state index in [1.807, 2.05) is 0 Å². The predicted octanol–water partition coefficient (Wildman–Crippen LogP) is 4.49. The van der Waals surface area contributed by atoms with Crippen LogP contribution in [0.1, 0.15) is 24.6 Å². The molecule has 0 radical (unpaired) electrons. The summed E-state index contributed by atoms with van der Waals surface area (Å²) in [4.78, 5) is 23.8. The lowest BCUT2D eigenvalue weighted by atomic mass is 10.1. The molecule has 3 rings (SSSR count). The van der Waals surface area contributed by atoms with Gasteiger partial charge in [-0.25, -0.2) is 27.6 Å². The molecule has 0 fully saturated rings. The molecule has 0 aliphatic rings. The zero-order valence-electron chi connectivity index (χ0n) is 16.8. The SMILES string of the molecule is CC(=NOC(=O)CCS(=O)(=O)c1nc(-c2cccs2)cc(C(F)(F)F)n1)c1ccc(F)cc1. The third-order valence-electron chi connectivity index (χ3n) is 4.17. The highest BCUT2D eigenvalue weighted by molar-refractivity contribution is 7.91. The maximum absolute atomic E-state index is 13.2. The average Bonchev–Trinajstić information content (AvgIpc) is 3.31. The van der Waals surface area contributed by atoms with E-state index in [1.54, 1.807) is 11.4 Å². The van der Waals surface area contributed by atoms with Crippen molar-refractivity contribution in [2.75, 3.05) is 5.75 Å². The number of oxime groups is 1. The summed E-state index contributed by atoms with van der Waals surface area (Å²) in [6, 6.07) is 8.90. The van der Waals surface area contributed by atoms with Gasteiger partial charge in [-0.2, -0.15) is 13.2 Å². The molecule has 0 saturated heterocycles. The van der Waals surface area contributed by atoms with E-state index in [9.17, 15) is 30.8 Å². The molecule has 0 saturated carbocycles. The van der Waals surface area contributed by atoms with Crippen molar-refractivity contribution in [3.05, 3.63) is 64.9 Å². The first kappa shape index (κ1) is 24.5. The number of thiophene rings is 1. The van der Waals surface area contributed by atoms with Gasteiger partial charge in [0.2, 0.25) is 15.0 Å². The molecule has 0 spiro atoms. The number of aromatic nitrogens is 2. The number of alkyl halides is 3. The first-order valence-corrected chi connectivity index (χ1v) is 11.7. The van der Waals surface area contributed by atoms with Crippen LogP contribution in [-0.2, 0) is 25.6 Å². The summed E-state index contributed by atoms with van der Waals surface area (Å²) in [7, 11) is -4.46. The van der Waals surface area contributed by atoms with Crippen LogP contribution in [0.3, 0.4) is 0 Å². The largest absolute Gasteiger partial charge is 0.433 e. The number of halogens is 4. The zero-order valence-corrected chi connectivity index (χ0v) is 18.5. The number of sulfone groups is 1. The number of carbonyl (C=O) groups is 1. The second-order valence-electron chi connectivity index (χ2n) is 6.61. The van der Waals surface area contributed by atoms with Gasteiger partial charge in [-0.3, -0.25) is 0 Å². The van der Waals surface area contributed by atoms with Crippen molar-refractivity contribution in [3.63, 3.8) is 0 Å². The van der Waals surface area contributed by atoms with Crippen LogP contribution in [0.15, 0.2) is 58.2 Å². The summed E-state index contributed by atoms with van der Waals surface area (Å²) in [5.74, 6) is -2.39. The van der Waals surface area contributed by atoms with Gasteiger partial charge in [0.25, 0.3) is 0 Å². The Labute approximate surface area is 189 Å². The molecule has 174 valence electrons. The molecular weight excluding hydrogens is 486 g/mol. The van der Waals surface area contributed by atoms with Crippen LogP contribution >= 0.6 is 11.3 Å². The van der Waals surface area contributed by atoms with Crippen molar-refractivity contribution >= 4 is 32.9 Å². The molecule has 0 bridgehead atoms. The lowest BCUT2D eigenvalue weighted by molar-refractivity contribution is -0.143. The molecule has 2 heterocycles. The minimum Gasteiger partial charge on any atom is -0.318 e. The minimum atomic E-state index is -4.90. The summed E-state index contributed by atoms with van der Waals surface area (Å²) < 4.78 is 77.8. The van der Waals surface area contributed by atoms with Crippen LogP contribution < -0.4 is 0 Å². The quantitative estimate of drug-likeness (QED) is 0.156. The Morgan fingerprint density at radius 1 is 1.15 bits per heavy atom. The molecule has 3 aromatic rings. The van der Waals surface area contributed by atoms with E-state index in [-0.39, 0.29) is 11.4 Å². The number of benzene rings is 1. The molecule has 0 atom stereocenters. The number of hydrogen-bond donors (Lipinski definition) is 0. The zero-order chi connectivity index (χ0) is 24.2. The minimum absolute atomic E-state index is 0.201. The summed E-state index contributed by atoms with van der Waals surface area (Å²) in [6.45, 7) is 1.49. The van der Waals surface area contributed by atoms with Crippen molar-refractivity contribution in [2.45, 2.75) is 24.7 Å². The van der Waals surface area contributed by atoms with Gasteiger partial charge in [0, 0.05) is 0 Å². The van der Waals surface area contributed by atoms with Gasteiger partial charge in [0.15, 0.2) is 0 Å². The van der Waals surface area contributed by atoms with Crippen molar-refractivity contribution in [3.8, 4) is 10.6 Å². The molecule has 7 nitrogen and oxygen atoms in total. The first-order chi connectivity index (χ1) is 15.5. The van der Waals surface area contributed by atoms with E-state index >= 15 is 0 Å². The molecule has 13 heteroatoms. The van der Waals surface area contributed by atoms with Gasteiger partial charge < -0.3 is 4.84 Å². The van der Waals surface area contributed by atoms with Crippen molar-refractivity contribution in [2.24, 2.45) is 5.16 Å². The van der Waals surface area contributed by atoms with Crippen LogP contribution in [0.4, 0.5) is 17.6 Å². The van der Waals surface area contributed by atoms with Crippen molar-refractivity contribution in [1.29, 1.82) is 0 Å². The van der Waals surface area contributed by atoms with E-state index in [0.717, 1.165) is 11.3 Å². The molecular formula is C20H15F4N3O4S2. The van der Waals surface area contributed by atoms with Gasteiger partial charge in [-0.05, 0) is 42.1 Å². The molecule has 0 unspecified atom stereocenters. The molecule has 1 aromatic carbocycles. The van der Waals surface area contributed by atoms with E-state index in [1.165, 1.54) is 37.3 Å². The lowest BCUT2D eigenvalue weighted by Gasteiger charge is -2.10. The molecule has 0 aliphatic carbocycles. The third kappa shape index (κ3) is 6.42. The average molecular weight is 501 g/mol. The topological polar surface area (TPSA) is 98.6 Å². The molecule has 0 aliphatic heterocycles. The van der Waals surface area contributed by atoms with Crippen LogP contribution in [0.25, 0.3) is 10.6 Å². The number of hydrogen-bond acceptors (Lipinski definition) is 8. The van der Waals surface area contributed by atoms with Crippen molar-refractivity contribution in [1.82, 2.24) is 9.97 Å². The third-order valence-corrected chi connectivity index (χ3v) is 6.54. The molecule has 0 amide bonds.